The fourth-order valence-electron chi connectivity index (χ4n) is 0.177. The van der Waals surface area contributed by atoms with Crippen molar-refractivity contribution < 1.29 is 0 Å². The molecule has 0 aromatic rings. The molecule has 0 aromatic heterocycles. The maximum absolute atomic E-state index is 3.49. The molecule has 0 bridgehead atoms. The van der Waals surface area contributed by atoms with Gasteiger partial charge in [-0.05, 0) is 6.92 Å². The second-order valence-electron chi connectivity index (χ2n) is 1.09. The lowest BCUT2D eigenvalue weighted by Crippen LogP contribution is -1.64. The molecule has 6 heavy (non-hydrogen) atoms. The van der Waals surface area contributed by atoms with Crippen molar-refractivity contribution >= 4 is 10.2 Å². The standard InChI is InChI=1S/C5H7Si/c1-3-4-5(2)6/h3-4H,1H2,2H3/b5-4+. The molecule has 0 spiro atoms. The van der Waals surface area contributed by atoms with Crippen LogP contribution in [0.25, 0.3) is 0 Å². The van der Waals surface area contributed by atoms with Crippen LogP contribution in [0, 0.1) is 0 Å². The summed E-state index contributed by atoms with van der Waals surface area (Å²) < 4.78 is 0. The Morgan fingerprint density at radius 3 is 2.33 bits per heavy atom. The zero-order chi connectivity index (χ0) is 4.99. The van der Waals surface area contributed by atoms with E-state index in [1.807, 2.05) is 13.0 Å². The predicted octanol–water partition coefficient (Wildman–Crippen LogP) is 1.24. The number of allylic oxidation sites excluding steroid dienone is 3. The van der Waals surface area contributed by atoms with Gasteiger partial charge >= 0.3 is 0 Å². The molecular formula is C5H7Si. The van der Waals surface area contributed by atoms with Crippen molar-refractivity contribution in [1.29, 1.82) is 0 Å². The summed E-state index contributed by atoms with van der Waals surface area (Å²) in [6.07, 6.45) is 3.62. The van der Waals surface area contributed by atoms with Crippen molar-refractivity contribution in [3.05, 3.63) is 23.9 Å². The highest BCUT2D eigenvalue weighted by Gasteiger charge is 1.64. The van der Waals surface area contributed by atoms with E-state index >= 15 is 0 Å². The third-order valence-electron chi connectivity index (χ3n) is 0.368. The SMILES string of the molecule is C=C/C=C(\C)[Si]. The fraction of sp³-hybridized carbons (Fsp3) is 0.200. The molecule has 0 aliphatic rings. The van der Waals surface area contributed by atoms with Gasteiger partial charge in [-0.3, -0.25) is 0 Å². The molecule has 0 aromatic carbocycles. The Hall–Kier alpha value is -0.303. The van der Waals surface area contributed by atoms with E-state index in [1.54, 1.807) is 6.08 Å². The maximum Gasteiger partial charge on any atom is 0.0646 e. The molecule has 0 fully saturated rings. The first kappa shape index (κ1) is 5.70. The Bertz CT molecular complexity index is 68.0. The quantitative estimate of drug-likeness (QED) is 0.339. The Labute approximate surface area is 42.0 Å². The molecule has 0 atom stereocenters. The predicted molar refractivity (Wildman–Crippen MR) is 29.7 cm³/mol. The first-order chi connectivity index (χ1) is 2.77. The maximum atomic E-state index is 3.49. The van der Waals surface area contributed by atoms with Crippen molar-refractivity contribution in [3.8, 4) is 0 Å². The normalized spacial score (nSPS) is 11.3. The molecule has 0 rings (SSSR count). The summed E-state index contributed by atoms with van der Waals surface area (Å²) in [7, 11) is 3.27. The van der Waals surface area contributed by atoms with E-state index in [9.17, 15) is 0 Å². The Balaban J connectivity index is 3.41. The summed E-state index contributed by atoms with van der Waals surface area (Å²) in [6, 6.07) is 0. The first-order valence-corrected chi connectivity index (χ1v) is 2.28. The molecule has 0 heterocycles. The summed E-state index contributed by atoms with van der Waals surface area (Å²) >= 11 is 0. The Morgan fingerprint density at radius 2 is 2.33 bits per heavy atom. The smallest absolute Gasteiger partial charge is 0.0646 e. The summed E-state index contributed by atoms with van der Waals surface area (Å²) in [4.78, 5) is 0. The highest BCUT2D eigenvalue weighted by atomic mass is 28.1. The van der Waals surface area contributed by atoms with E-state index in [0.717, 1.165) is 5.20 Å². The van der Waals surface area contributed by atoms with E-state index in [4.69, 9.17) is 0 Å². The Kier molecular flexibility index (Phi) is 2.76. The van der Waals surface area contributed by atoms with Crippen molar-refractivity contribution in [2.45, 2.75) is 6.92 Å². The van der Waals surface area contributed by atoms with Gasteiger partial charge in [0.25, 0.3) is 0 Å². The summed E-state index contributed by atoms with van der Waals surface area (Å²) in [6.45, 7) is 5.45. The molecule has 0 unspecified atom stereocenters. The monoisotopic (exact) mass is 95.0 g/mol. The first-order valence-electron chi connectivity index (χ1n) is 1.78. The van der Waals surface area contributed by atoms with Crippen LogP contribution in [-0.4, -0.2) is 10.2 Å². The molecule has 0 saturated heterocycles. The molecule has 0 nitrogen and oxygen atoms in total. The van der Waals surface area contributed by atoms with Crippen LogP contribution in [0.15, 0.2) is 23.9 Å². The summed E-state index contributed by atoms with van der Waals surface area (Å²) in [5.41, 5.74) is 0. The summed E-state index contributed by atoms with van der Waals surface area (Å²) in [5, 5.41) is 1.10. The summed E-state index contributed by atoms with van der Waals surface area (Å²) in [5.74, 6) is 0. The molecule has 1 heteroatoms. The zero-order valence-electron chi connectivity index (χ0n) is 3.86. The fourth-order valence-corrected chi connectivity index (χ4v) is 0.295. The minimum atomic E-state index is 1.10. The van der Waals surface area contributed by atoms with E-state index in [-0.39, 0.29) is 0 Å². The van der Waals surface area contributed by atoms with Crippen LogP contribution < -0.4 is 0 Å². The number of rotatable bonds is 1. The van der Waals surface area contributed by atoms with Crippen LogP contribution in [0.4, 0.5) is 0 Å². The topological polar surface area (TPSA) is 0 Å². The van der Waals surface area contributed by atoms with Crippen molar-refractivity contribution in [2.24, 2.45) is 0 Å². The van der Waals surface area contributed by atoms with E-state index < -0.39 is 0 Å². The molecule has 0 aliphatic heterocycles. The second kappa shape index (κ2) is 2.91. The second-order valence-corrected chi connectivity index (χ2v) is 1.87. The minimum Gasteiger partial charge on any atom is -0.0991 e. The van der Waals surface area contributed by atoms with E-state index in [1.165, 1.54) is 0 Å². The molecule has 31 valence electrons. The lowest BCUT2D eigenvalue weighted by atomic mass is 10.5. The zero-order valence-corrected chi connectivity index (χ0v) is 4.86. The lowest BCUT2D eigenvalue weighted by molar-refractivity contribution is 1.67. The van der Waals surface area contributed by atoms with Gasteiger partial charge in [0.05, 0.1) is 10.2 Å². The van der Waals surface area contributed by atoms with Crippen LogP contribution in [0.1, 0.15) is 6.92 Å². The van der Waals surface area contributed by atoms with Gasteiger partial charge in [-0.1, -0.05) is 23.9 Å². The largest absolute Gasteiger partial charge is 0.0991 e. The van der Waals surface area contributed by atoms with Gasteiger partial charge in [0.1, 0.15) is 0 Å². The van der Waals surface area contributed by atoms with E-state index in [2.05, 4.69) is 16.8 Å². The number of hydrogen-bond donors (Lipinski definition) is 0. The molecule has 0 saturated carbocycles. The highest BCUT2D eigenvalue weighted by Crippen LogP contribution is 1.79. The average Bonchev–Trinajstić information content (AvgIpc) is 1.35. The highest BCUT2D eigenvalue weighted by molar-refractivity contribution is 6.21. The van der Waals surface area contributed by atoms with Crippen LogP contribution in [-0.2, 0) is 0 Å². The van der Waals surface area contributed by atoms with Crippen molar-refractivity contribution in [1.82, 2.24) is 0 Å². The van der Waals surface area contributed by atoms with Gasteiger partial charge in [0.15, 0.2) is 0 Å². The Morgan fingerprint density at radius 1 is 1.83 bits per heavy atom. The molecule has 0 amide bonds. The molecule has 3 radical (unpaired) electrons. The third kappa shape index (κ3) is 3.70. The van der Waals surface area contributed by atoms with Crippen LogP contribution in [0.5, 0.6) is 0 Å². The molecular weight excluding hydrogens is 88.1 g/mol. The van der Waals surface area contributed by atoms with Crippen LogP contribution in [0.3, 0.4) is 0 Å². The van der Waals surface area contributed by atoms with Gasteiger partial charge in [0.2, 0.25) is 0 Å². The lowest BCUT2D eigenvalue weighted by Gasteiger charge is -1.75. The van der Waals surface area contributed by atoms with Gasteiger partial charge in [0, 0.05) is 0 Å². The van der Waals surface area contributed by atoms with Gasteiger partial charge in [-0.2, -0.15) is 0 Å². The van der Waals surface area contributed by atoms with E-state index in [0.29, 0.717) is 0 Å². The van der Waals surface area contributed by atoms with Crippen LogP contribution >= 0.6 is 0 Å². The van der Waals surface area contributed by atoms with Gasteiger partial charge in [-0.25, -0.2) is 0 Å². The van der Waals surface area contributed by atoms with Crippen LogP contribution in [0.2, 0.25) is 0 Å². The van der Waals surface area contributed by atoms with Crippen molar-refractivity contribution in [3.63, 3.8) is 0 Å². The van der Waals surface area contributed by atoms with Gasteiger partial charge in [-0.15, -0.1) is 0 Å². The molecule has 0 N–H and O–H groups in total. The van der Waals surface area contributed by atoms with Crippen molar-refractivity contribution in [2.75, 3.05) is 0 Å². The average molecular weight is 95.2 g/mol. The minimum absolute atomic E-state index is 1.10. The van der Waals surface area contributed by atoms with Gasteiger partial charge < -0.3 is 0 Å². The third-order valence-corrected chi connectivity index (χ3v) is 0.535. The number of hydrogen-bond acceptors (Lipinski definition) is 0. The molecule has 0 aliphatic carbocycles.